The predicted molar refractivity (Wildman–Crippen MR) is 134 cm³/mol. The highest BCUT2D eigenvalue weighted by Crippen LogP contribution is 2.40. The largest absolute Gasteiger partial charge is 0.497 e. The summed E-state index contributed by atoms with van der Waals surface area (Å²) < 4.78 is 12.5. The molecule has 35 heavy (non-hydrogen) atoms. The topological polar surface area (TPSA) is 102 Å². The maximum atomic E-state index is 14.0. The van der Waals surface area contributed by atoms with Gasteiger partial charge in [0.1, 0.15) is 17.0 Å². The molecule has 0 spiro atoms. The van der Waals surface area contributed by atoms with Crippen molar-refractivity contribution in [2.24, 2.45) is 0 Å². The highest BCUT2D eigenvalue weighted by atomic mass is 16.5. The number of ether oxygens (including phenoxy) is 2. The maximum absolute atomic E-state index is 14.0. The number of aromatic nitrogens is 1. The Balaban J connectivity index is 1.80. The Morgan fingerprint density at radius 1 is 1.14 bits per heavy atom. The molecule has 0 bridgehead atoms. The zero-order valence-electron chi connectivity index (χ0n) is 21.1. The number of hydrogen-bond acceptors (Lipinski definition) is 5. The van der Waals surface area contributed by atoms with Crippen LogP contribution in [-0.4, -0.2) is 66.1 Å². The van der Waals surface area contributed by atoms with Crippen LogP contribution in [0, 0.1) is 0 Å². The molecule has 190 valence electrons. The van der Waals surface area contributed by atoms with Gasteiger partial charge >= 0.3 is 0 Å². The number of anilines is 1. The molecule has 3 amide bonds. The number of rotatable bonds is 7. The van der Waals surface area contributed by atoms with Gasteiger partial charge in [-0.2, -0.15) is 0 Å². The van der Waals surface area contributed by atoms with Crippen LogP contribution in [0.5, 0.6) is 5.75 Å². The van der Waals surface area contributed by atoms with E-state index in [0.29, 0.717) is 29.1 Å². The number of methoxy groups -OCH3 is 2. The predicted octanol–water partition coefficient (Wildman–Crippen LogP) is 3.31. The molecule has 9 nitrogen and oxygen atoms in total. The van der Waals surface area contributed by atoms with Gasteiger partial charge in [0.15, 0.2) is 0 Å². The van der Waals surface area contributed by atoms with Crippen molar-refractivity contribution in [3.63, 3.8) is 0 Å². The number of fused-ring (bicyclic) bond motifs is 3. The van der Waals surface area contributed by atoms with Gasteiger partial charge in [0, 0.05) is 32.0 Å². The summed E-state index contributed by atoms with van der Waals surface area (Å²) in [6.07, 6.45) is 6.49. The van der Waals surface area contributed by atoms with Crippen molar-refractivity contribution >= 4 is 34.3 Å². The fourth-order valence-corrected chi connectivity index (χ4v) is 5.38. The number of nitrogens with zero attached hydrogens (tertiary/aromatic N) is 2. The molecule has 0 radical (unpaired) electrons. The van der Waals surface area contributed by atoms with Crippen LogP contribution in [0.1, 0.15) is 62.9 Å². The molecule has 1 saturated carbocycles. The zero-order chi connectivity index (χ0) is 25.2. The first-order chi connectivity index (χ1) is 16.8. The first kappa shape index (κ1) is 25.0. The molecule has 9 heteroatoms. The summed E-state index contributed by atoms with van der Waals surface area (Å²) in [6.45, 7) is 4.05. The lowest BCUT2D eigenvalue weighted by Gasteiger charge is -2.44. The van der Waals surface area contributed by atoms with Gasteiger partial charge in [0.05, 0.1) is 31.5 Å². The third-order valence-corrected chi connectivity index (χ3v) is 7.28. The van der Waals surface area contributed by atoms with Crippen molar-refractivity contribution in [3.05, 3.63) is 23.9 Å². The van der Waals surface area contributed by atoms with Gasteiger partial charge in [-0.05, 0) is 38.0 Å². The van der Waals surface area contributed by atoms with Crippen molar-refractivity contribution < 1.29 is 23.9 Å². The number of carbonyl (C=O) groups is 3. The molecule has 4 rings (SSSR count). The Morgan fingerprint density at radius 3 is 2.49 bits per heavy atom. The highest BCUT2D eigenvalue weighted by Gasteiger charge is 2.49. The Bertz CT molecular complexity index is 1120. The van der Waals surface area contributed by atoms with E-state index < -0.39 is 5.54 Å². The summed E-state index contributed by atoms with van der Waals surface area (Å²) in [5, 5.41) is 6.80. The lowest BCUT2D eigenvalue weighted by molar-refractivity contribution is -0.134. The molecule has 1 aliphatic heterocycles. The van der Waals surface area contributed by atoms with Gasteiger partial charge in [-0.1, -0.05) is 25.7 Å². The smallest absolute Gasteiger partial charge is 0.273 e. The lowest BCUT2D eigenvalue weighted by Crippen LogP contribution is -2.65. The van der Waals surface area contributed by atoms with Gasteiger partial charge in [0.2, 0.25) is 11.8 Å². The standard InChI is InChI=1S/C26H36N4O5/c1-17(31)27-22-20-15-19(35-4)11-12-21(20)29-16-26(2,30(13-14-34-3)24(32)23(22)29)25(33)28-18-9-7-5-6-8-10-18/h11-12,15,18H,5-10,13-14,16H2,1-4H3,(H,27,31)(H,28,33)/t26-/m0/s1. The molecule has 1 aromatic carbocycles. The van der Waals surface area contributed by atoms with Crippen molar-refractivity contribution in [1.82, 2.24) is 14.8 Å². The van der Waals surface area contributed by atoms with Crippen LogP contribution in [0.3, 0.4) is 0 Å². The van der Waals surface area contributed by atoms with Crippen molar-refractivity contribution in [2.45, 2.75) is 70.5 Å². The minimum absolute atomic E-state index is 0.114. The second kappa shape index (κ2) is 10.3. The summed E-state index contributed by atoms with van der Waals surface area (Å²) in [6, 6.07) is 5.60. The van der Waals surface area contributed by atoms with E-state index in [1.165, 1.54) is 19.8 Å². The number of benzene rings is 1. The molecule has 2 N–H and O–H groups in total. The fraction of sp³-hybridized carbons (Fsp3) is 0.577. The van der Waals surface area contributed by atoms with E-state index >= 15 is 0 Å². The average Bonchev–Trinajstić information content (AvgIpc) is 2.96. The third kappa shape index (κ3) is 4.74. The van der Waals surface area contributed by atoms with Gasteiger partial charge in [-0.15, -0.1) is 0 Å². The van der Waals surface area contributed by atoms with Crippen LogP contribution in [0.4, 0.5) is 5.69 Å². The minimum Gasteiger partial charge on any atom is -0.497 e. The molecule has 1 fully saturated rings. The Kier molecular flexibility index (Phi) is 7.35. The van der Waals surface area contributed by atoms with Crippen LogP contribution in [0.2, 0.25) is 0 Å². The number of amides is 3. The molecule has 0 saturated heterocycles. The van der Waals surface area contributed by atoms with Gasteiger partial charge in [-0.3, -0.25) is 14.4 Å². The summed E-state index contributed by atoms with van der Waals surface area (Å²) in [5.41, 5.74) is 0.441. The molecule has 2 heterocycles. The summed E-state index contributed by atoms with van der Waals surface area (Å²) in [7, 11) is 3.14. The van der Waals surface area contributed by atoms with Crippen LogP contribution in [0.15, 0.2) is 18.2 Å². The monoisotopic (exact) mass is 484 g/mol. The second-order valence-corrected chi connectivity index (χ2v) is 9.76. The normalized spacial score (nSPS) is 20.9. The van der Waals surface area contributed by atoms with E-state index in [4.69, 9.17) is 9.47 Å². The first-order valence-corrected chi connectivity index (χ1v) is 12.4. The number of nitrogens with one attached hydrogen (secondary N) is 2. The van der Waals surface area contributed by atoms with Crippen molar-refractivity contribution in [1.29, 1.82) is 0 Å². The van der Waals surface area contributed by atoms with E-state index in [9.17, 15) is 14.4 Å². The zero-order valence-corrected chi connectivity index (χ0v) is 21.1. The Labute approximate surface area is 206 Å². The number of carbonyl (C=O) groups excluding carboxylic acids is 3. The molecule has 1 atom stereocenters. The van der Waals surface area contributed by atoms with Crippen LogP contribution in [0.25, 0.3) is 10.9 Å². The Morgan fingerprint density at radius 2 is 1.86 bits per heavy atom. The summed E-state index contributed by atoms with van der Waals surface area (Å²) in [4.78, 5) is 41.5. The van der Waals surface area contributed by atoms with E-state index in [1.54, 1.807) is 19.1 Å². The first-order valence-electron chi connectivity index (χ1n) is 12.4. The van der Waals surface area contributed by atoms with Crippen molar-refractivity contribution in [3.8, 4) is 5.75 Å². The SMILES string of the molecule is COCCN1C(=O)c2c(NC(C)=O)c3cc(OC)ccc3n2C[C@@]1(C)C(=O)NC1CCCCCC1. The lowest BCUT2D eigenvalue weighted by atomic mass is 9.93. The van der Waals surface area contributed by atoms with Crippen molar-refractivity contribution in [2.75, 3.05) is 32.7 Å². The minimum atomic E-state index is -1.12. The molecular formula is C26H36N4O5. The summed E-state index contributed by atoms with van der Waals surface area (Å²) >= 11 is 0. The van der Waals surface area contributed by atoms with E-state index in [0.717, 1.165) is 31.2 Å². The van der Waals surface area contributed by atoms with Crippen LogP contribution >= 0.6 is 0 Å². The quantitative estimate of drug-likeness (QED) is 0.587. The number of hydrogen-bond donors (Lipinski definition) is 2. The van der Waals surface area contributed by atoms with E-state index in [-0.39, 0.29) is 36.9 Å². The van der Waals surface area contributed by atoms with E-state index in [2.05, 4.69) is 10.6 Å². The van der Waals surface area contributed by atoms with Gasteiger partial charge in [0.25, 0.3) is 5.91 Å². The second-order valence-electron chi connectivity index (χ2n) is 9.76. The highest BCUT2D eigenvalue weighted by molar-refractivity contribution is 6.14. The van der Waals surface area contributed by atoms with E-state index in [1.807, 2.05) is 29.7 Å². The molecule has 0 unspecified atom stereocenters. The van der Waals surface area contributed by atoms with Gasteiger partial charge < -0.3 is 29.6 Å². The third-order valence-electron chi connectivity index (χ3n) is 7.28. The molecular weight excluding hydrogens is 448 g/mol. The molecule has 1 aromatic heterocycles. The summed E-state index contributed by atoms with van der Waals surface area (Å²) in [5.74, 6) is -0.134. The van der Waals surface area contributed by atoms with Crippen LogP contribution in [-0.2, 0) is 20.9 Å². The molecule has 1 aliphatic carbocycles. The maximum Gasteiger partial charge on any atom is 0.273 e. The van der Waals surface area contributed by atoms with Crippen LogP contribution < -0.4 is 15.4 Å². The molecule has 2 aromatic rings. The molecule has 2 aliphatic rings. The van der Waals surface area contributed by atoms with Gasteiger partial charge in [-0.25, -0.2) is 0 Å². The Hall–Kier alpha value is -3.07. The fourth-order valence-electron chi connectivity index (χ4n) is 5.38. The average molecular weight is 485 g/mol.